The van der Waals surface area contributed by atoms with Crippen molar-refractivity contribution in [3.8, 4) is 0 Å². The van der Waals surface area contributed by atoms with Gasteiger partial charge in [0.2, 0.25) is 0 Å². The lowest BCUT2D eigenvalue weighted by Gasteiger charge is -2.42. The zero-order chi connectivity index (χ0) is 15.1. The van der Waals surface area contributed by atoms with Crippen LogP contribution in [0.1, 0.15) is 19.3 Å². The van der Waals surface area contributed by atoms with Gasteiger partial charge in [-0.05, 0) is 12.8 Å². The van der Waals surface area contributed by atoms with E-state index in [4.69, 9.17) is 19.3 Å². The zero-order valence-corrected chi connectivity index (χ0v) is 13.0. The predicted octanol–water partition coefficient (Wildman–Crippen LogP) is -0.00810. The van der Waals surface area contributed by atoms with Gasteiger partial charge in [-0.15, -0.1) is 0 Å². The summed E-state index contributed by atoms with van der Waals surface area (Å²) in [6.45, 7) is 1.56. The van der Waals surface area contributed by atoms with Crippen LogP contribution in [-0.4, -0.2) is 77.9 Å². The van der Waals surface area contributed by atoms with Crippen molar-refractivity contribution in [2.45, 2.75) is 43.9 Å². The number of ether oxygens (including phenoxy) is 3. The van der Waals surface area contributed by atoms with Crippen molar-refractivity contribution in [1.82, 2.24) is 0 Å². The maximum atomic E-state index is 10.3. The lowest BCUT2D eigenvalue weighted by Crippen LogP contribution is -2.55. The Morgan fingerprint density at radius 1 is 1.14 bits per heavy atom. The molecule has 7 heteroatoms. The summed E-state index contributed by atoms with van der Waals surface area (Å²) in [6.07, 6.45) is 0.205. The second-order valence-electron chi connectivity index (χ2n) is 5.47. The Labute approximate surface area is 129 Å². The summed E-state index contributed by atoms with van der Waals surface area (Å²) < 4.78 is 16.6. The minimum absolute atomic E-state index is 0.0381. The summed E-state index contributed by atoms with van der Waals surface area (Å²) in [5.74, 6) is 1.52. The molecule has 3 aliphatic heterocycles. The molecule has 0 aromatic carbocycles. The first-order valence-corrected chi connectivity index (χ1v) is 8.79. The van der Waals surface area contributed by atoms with E-state index < -0.39 is 18.5 Å². The van der Waals surface area contributed by atoms with Gasteiger partial charge in [0.1, 0.15) is 6.10 Å². The highest BCUT2D eigenvalue weighted by Crippen LogP contribution is 2.33. The van der Waals surface area contributed by atoms with E-state index in [1.165, 1.54) is 0 Å². The summed E-state index contributed by atoms with van der Waals surface area (Å²) >= 11 is 1.70. The Morgan fingerprint density at radius 3 is 2.81 bits per heavy atom. The highest BCUT2D eigenvalue weighted by atomic mass is 32.2. The van der Waals surface area contributed by atoms with Crippen molar-refractivity contribution in [3.05, 3.63) is 0 Å². The molecule has 3 N–H and O–H groups in total. The van der Waals surface area contributed by atoms with Crippen LogP contribution in [0.25, 0.3) is 0 Å². The van der Waals surface area contributed by atoms with Crippen LogP contribution in [0.15, 0.2) is 0 Å². The lowest BCUT2D eigenvalue weighted by molar-refractivity contribution is -0.277. The minimum Gasteiger partial charge on any atom is -0.394 e. The number of rotatable bonds is 7. The predicted molar refractivity (Wildman–Crippen MR) is 79.2 cm³/mol. The second kappa shape index (κ2) is 9.29. The Morgan fingerprint density at radius 2 is 2.00 bits per heavy atom. The number of fused-ring (bicyclic) bond motifs is 6. The molecule has 3 saturated heterocycles. The van der Waals surface area contributed by atoms with Gasteiger partial charge in [0.25, 0.3) is 0 Å². The van der Waals surface area contributed by atoms with E-state index in [1.54, 1.807) is 11.8 Å². The van der Waals surface area contributed by atoms with Crippen molar-refractivity contribution >= 4 is 11.8 Å². The van der Waals surface area contributed by atoms with Gasteiger partial charge in [0, 0.05) is 24.0 Å². The summed E-state index contributed by atoms with van der Waals surface area (Å²) in [6, 6.07) is 0. The number of hydrogen-bond acceptors (Lipinski definition) is 7. The van der Waals surface area contributed by atoms with Crippen LogP contribution in [0.2, 0.25) is 0 Å². The van der Waals surface area contributed by atoms with E-state index in [0.29, 0.717) is 19.8 Å². The SMILES string of the molecule is OCCOCCSCC1OC2OCCCCC1C(O)C2O. The average molecular weight is 322 g/mol. The average Bonchev–Trinajstić information content (AvgIpc) is 2.62. The molecule has 0 aliphatic carbocycles. The molecule has 5 atom stereocenters. The van der Waals surface area contributed by atoms with Gasteiger partial charge in [-0.25, -0.2) is 0 Å². The van der Waals surface area contributed by atoms with Crippen LogP contribution < -0.4 is 0 Å². The van der Waals surface area contributed by atoms with Crippen LogP contribution in [0.5, 0.6) is 0 Å². The molecule has 3 heterocycles. The maximum absolute atomic E-state index is 10.3. The molecule has 3 aliphatic rings. The van der Waals surface area contributed by atoms with Crippen molar-refractivity contribution in [2.75, 3.05) is 37.9 Å². The molecule has 124 valence electrons. The van der Waals surface area contributed by atoms with Gasteiger partial charge in [-0.2, -0.15) is 11.8 Å². The molecule has 0 aromatic rings. The molecule has 3 rings (SSSR count). The van der Waals surface area contributed by atoms with Gasteiger partial charge < -0.3 is 29.5 Å². The molecule has 0 saturated carbocycles. The van der Waals surface area contributed by atoms with Crippen LogP contribution in [0.4, 0.5) is 0 Å². The van der Waals surface area contributed by atoms with Crippen molar-refractivity contribution in [2.24, 2.45) is 5.92 Å². The molecule has 0 radical (unpaired) electrons. The van der Waals surface area contributed by atoms with E-state index in [0.717, 1.165) is 30.8 Å². The Kier molecular flexibility index (Phi) is 7.73. The lowest BCUT2D eigenvalue weighted by atomic mass is 9.86. The molecule has 2 bridgehead atoms. The fraction of sp³-hybridized carbons (Fsp3) is 1.00. The van der Waals surface area contributed by atoms with E-state index in [-0.39, 0.29) is 18.6 Å². The molecule has 21 heavy (non-hydrogen) atoms. The van der Waals surface area contributed by atoms with E-state index >= 15 is 0 Å². The largest absolute Gasteiger partial charge is 0.394 e. The van der Waals surface area contributed by atoms with Crippen molar-refractivity contribution in [3.63, 3.8) is 0 Å². The normalized spacial score (nSPS) is 37.0. The number of aliphatic hydroxyl groups is 3. The fourth-order valence-electron chi connectivity index (χ4n) is 2.81. The first kappa shape index (κ1) is 17.5. The second-order valence-corrected chi connectivity index (χ2v) is 6.62. The van der Waals surface area contributed by atoms with Crippen LogP contribution in [-0.2, 0) is 14.2 Å². The molecule has 5 unspecified atom stereocenters. The smallest absolute Gasteiger partial charge is 0.186 e. The Hall–Kier alpha value is 0.110. The minimum atomic E-state index is -0.956. The summed E-state index contributed by atoms with van der Waals surface area (Å²) in [7, 11) is 0. The maximum Gasteiger partial charge on any atom is 0.186 e. The van der Waals surface area contributed by atoms with Gasteiger partial charge >= 0.3 is 0 Å². The third-order valence-corrected chi connectivity index (χ3v) is 4.98. The van der Waals surface area contributed by atoms with E-state index in [2.05, 4.69) is 0 Å². The highest BCUT2D eigenvalue weighted by molar-refractivity contribution is 7.99. The van der Waals surface area contributed by atoms with Crippen molar-refractivity contribution < 1.29 is 29.5 Å². The quantitative estimate of drug-likeness (QED) is 0.568. The van der Waals surface area contributed by atoms with Gasteiger partial charge in [0.15, 0.2) is 6.29 Å². The molecule has 6 nitrogen and oxygen atoms in total. The Bertz CT molecular complexity index is 291. The standard InChI is InChI=1S/C14H26O6S/c15-4-6-18-7-8-21-9-11-10-3-1-2-5-19-14(20-11)13(17)12(10)16/h10-17H,1-9H2. The summed E-state index contributed by atoms with van der Waals surface area (Å²) in [4.78, 5) is 0. The first-order valence-electron chi connectivity index (χ1n) is 7.63. The number of hydrogen-bond donors (Lipinski definition) is 3. The molecular formula is C14H26O6S. The van der Waals surface area contributed by atoms with Gasteiger partial charge in [-0.1, -0.05) is 6.42 Å². The van der Waals surface area contributed by atoms with Gasteiger partial charge in [0.05, 0.1) is 32.0 Å². The summed E-state index contributed by atoms with van der Waals surface area (Å²) in [5.41, 5.74) is 0. The third kappa shape index (κ3) is 5.06. The molecule has 0 aromatic heterocycles. The fourth-order valence-corrected chi connectivity index (χ4v) is 3.77. The number of thioether (sulfide) groups is 1. The van der Waals surface area contributed by atoms with Crippen LogP contribution in [0, 0.1) is 5.92 Å². The van der Waals surface area contributed by atoms with Crippen LogP contribution >= 0.6 is 11.8 Å². The van der Waals surface area contributed by atoms with E-state index in [9.17, 15) is 10.2 Å². The third-order valence-electron chi connectivity index (χ3n) is 3.96. The van der Waals surface area contributed by atoms with Gasteiger partial charge in [-0.3, -0.25) is 0 Å². The van der Waals surface area contributed by atoms with E-state index in [1.807, 2.05) is 0 Å². The highest BCUT2D eigenvalue weighted by Gasteiger charge is 2.44. The molecule has 0 spiro atoms. The number of aliphatic hydroxyl groups excluding tert-OH is 3. The van der Waals surface area contributed by atoms with Crippen LogP contribution in [0.3, 0.4) is 0 Å². The Balaban J connectivity index is 1.81. The monoisotopic (exact) mass is 322 g/mol. The first-order chi connectivity index (χ1) is 10.2. The molecule has 0 amide bonds. The molecule has 3 fully saturated rings. The topological polar surface area (TPSA) is 88.4 Å². The molecular weight excluding hydrogens is 296 g/mol. The zero-order valence-electron chi connectivity index (χ0n) is 12.2. The summed E-state index contributed by atoms with van der Waals surface area (Å²) in [5, 5.41) is 28.9. The van der Waals surface area contributed by atoms with Crippen molar-refractivity contribution in [1.29, 1.82) is 0 Å².